The van der Waals surface area contributed by atoms with Crippen molar-refractivity contribution in [2.45, 2.75) is 26.5 Å². The molecule has 10 nitrogen and oxygen atoms in total. The molecule has 0 N–H and O–H groups in total. The van der Waals surface area contributed by atoms with E-state index in [0.717, 1.165) is 22.2 Å². The highest BCUT2D eigenvalue weighted by atomic mass is 32.2. The van der Waals surface area contributed by atoms with Gasteiger partial charge in [0.1, 0.15) is 12.6 Å². The number of amides is 2. The lowest BCUT2D eigenvalue weighted by atomic mass is 10.1. The van der Waals surface area contributed by atoms with Crippen LogP contribution in [0.2, 0.25) is 0 Å². The van der Waals surface area contributed by atoms with Gasteiger partial charge in [-0.25, -0.2) is 4.79 Å². The van der Waals surface area contributed by atoms with Crippen LogP contribution in [-0.4, -0.2) is 46.7 Å². The summed E-state index contributed by atoms with van der Waals surface area (Å²) >= 11 is 0.740. The first-order valence-electron chi connectivity index (χ1n) is 10.2. The first-order valence-corrected chi connectivity index (χ1v) is 11.0. The summed E-state index contributed by atoms with van der Waals surface area (Å²) in [5.74, 6) is -0.396. The first-order chi connectivity index (χ1) is 16.2. The number of carbonyl (C=O) groups is 3. The van der Waals surface area contributed by atoms with Gasteiger partial charge in [0, 0.05) is 12.1 Å². The Bertz CT molecular complexity index is 1150. The van der Waals surface area contributed by atoms with Crippen LogP contribution in [0.25, 0.3) is 6.08 Å². The van der Waals surface area contributed by atoms with Gasteiger partial charge in [0.15, 0.2) is 11.5 Å². The summed E-state index contributed by atoms with van der Waals surface area (Å²) in [6.07, 6.45) is 1.53. The normalized spacial score (nSPS) is 15.4. The molecular weight excluding hydrogens is 464 g/mol. The zero-order valence-electron chi connectivity index (χ0n) is 18.7. The van der Waals surface area contributed by atoms with E-state index in [9.17, 15) is 24.5 Å². The number of rotatable bonds is 9. The summed E-state index contributed by atoms with van der Waals surface area (Å²) in [5, 5.41) is 10.2. The number of hydrogen-bond donors (Lipinski definition) is 0. The van der Waals surface area contributed by atoms with Gasteiger partial charge in [-0.2, -0.15) is 0 Å². The quantitative estimate of drug-likeness (QED) is 0.222. The molecule has 0 bridgehead atoms. The molecule has 2 aromatic carbocycles. The summed E-state index contributed by atoms with van der Waals surface area (Å²) in [6, 6.07) is 9.97. The maximum atomic E-state index is 12.7. The van der Waals surface area contributed by atoms with Crippen molar-refractivity contribution in [1.82, 2.24) is 4.90 Å². The average Bonchev–Trinajstić information content (AvgIpc) is 3.10. The minimum atomic E-state index is -1.02. The van der Waals surface area contributed by atoms with E-state index >= 15 is 0 Å². The standard InChI is InChI=1S/C23H22N2O8S/c1-4-32-22(27)14(2)24-21(26)20(34-23(24)28)12-16-7-10-18(19(11-16)31-3)33-13-15-5-8-17(9-6-15)25(29)30/h5-12,14H,4,13H2,1-3H3/b20-12-. The van der Waals surface area contributed by atoms with E-state index in [-0.39, 0.29) is 23.8 Å². The Hall–Kier alpha value is -3.86. The van der Waals surface area contributed by atoms with E-state index < -0.39 is 28.1 Å². The van der Waals surface area contributed by atoms with Crippen LogP contribution in [0.15, 0.2) is 47.4 Å². The molecule has 0 spiro atoms. The second-order valence-electron chi connectivity index (χ2n) is 7.10. The molecule has 0 saturated carbocycles. The Kier molecular flexibility index (Phi) is 7.90. The highest BCUT2D eigenvalue weighted by Crippen LogP contribution is 2.36. The lowest BCUT2D eigenvalue weighted by Crippen LogP contribution is -2.42. The van der Waals surface area contributed by atoms with E-state index in [0.29, 0.717) is 17.1 Å². The summed E-state index contributed by atoms with van der Waals surface area (Å²) < 4.78 is 16.1. The molecule has 1 fully saturated rings. The molecule has 178 valence electrons. The molecule has 1 unspecified atom stereocenters. The Balaban J connectivity index is 1.73. The SMILES string of the molecule is CCOC(=O)C(C)N1C(=O)S/C(=C\c2ccc(OCc3ccc([N+](=O)[O-])cc3)c(OC)c2)C1=O. The van der Waals surface area contributed by atoms with Gasteiger partial charge in [-0.1, -0.05) is 6.07 Å². The van der Waals surface area contributed by atoms with Gasteiger partial charge >= 0.3 is 5.97 Å². The minimum absolute atomic E-state index is 0.00764. The summed E-state index contributed by atoms with van der Waals surface area (Å²) in [5.41, 5.74) is 1.32. The van der Waals surface area contributed by atoms with Crippen LogP contribution in [0.4, 0.5) is 10.5 Å². The van der Waals surface area contributed by atoms with Crippen LogP contribution in [0, 0.1) is 10.1 Å². The number of carbonyl (C=O) groups excluding carboxylic acids is 3. The van der Waals surface area contributed by atoms with Crippen LogP contribution in [-0.2, 0) is 20.9 Å². The van der Waals surface area contributed by atoms with Crippen molar-refractivity contribution in [3.8, 4) is 11.5 Å². The Morgan fingerprint density at radius 1 is 1.18 bits per heavy atom. The molecule has 3 rings (SSSR count). The third-order valence-corrected chi connectivity index (χ3v) is 5.75. The van der Waals surface area contributed by atoms with Crippen molar-refractivity contribution in [2.24, 2.45) is 0 Å². The number of nitro benzene ring substituents is 1. The van der Waals surface area contributed by atoms with E-state index in [1.165, 1.54) is 32.2 Å². The van der Waals surface area contributed by atoms with Crippen molar-refractivity contribution in [2.75, 3.05) is 13.7 Å². The number of nitro groups is 1. The molecule has 2 amide bonds. The molecule has 34 heavy (non-hydrogen) atoms. The predicted octanol–water partition coefficient (Wildman–Crippen LogP) is 4.17. The molecule has 1 atom stereocenters. The molecule has 1 aliphatic rings. The lowest BCUT2D eigenvalue weighted by Gasteiger charge is -2.19. The number of ether oxygens (including phenoxy) is 3. The second kappa shape index (κ2) is 10.8. The smallest absolute Gasteiger partial charge is 0.329 e. The molecule has 0 radical (unpaired) electrons. The van der Waals surface area contributed by atoms with Crippen LogP contribution in [0.5, 0.6) is 11.5 Å². The Morgan fingerprint density at radius 2 is 1.88 bits per heavy atom. The third kappa shape index (κ3) is 5.54. The Labute approximate surface area is 199 Å². The maximum absolute atomic E-state index is 12.7. The highest BCUT2D eigenvalue weighted by molar-refractivity contribution is 8.18. The average molecular weight is 487 g/mol. The largest absolute Gasteiger partial charge is 0.493 e. The summed E-state index contributed by atoms with van der Waals surface area (Å²) in [6.45, 7) is 3.40. The second-order valence-corrected chi connectivity index (χ2v) is 8.10. The zero-order valence-corrected chi connectivity index (χ0v) is 19.5. The molecule has 1 heterocycles. The topological polar surface area (TPSA) is 125 Å². The van der Waals surface area contributed by atoms with Crippen LogP contribution < -0.4 is 9.47 Å². The van der Waals surface area contributed by atoms with E-state index in [1.807, 2.05) is 0 Å². The molecule has 1 saturated heterocycles. The van der Waals surface area contributed by atoms with E-state index in [1.54, 1.807) is 37.3 Å². The van der Waals surface area contributed by atoms with E-state index in [2.05, 4.69) is 0 Å². The third-order valence-electron chi connectivity index (χ3n) is 4.87. The lowest BCUT2D eigenvalue weighted by molar-refractivity contribution is -0.384. The summed E-state index contributed by atoms with van der Waals surface area (Å²) in [4.78, 5) is 48.4. The molecule has 2 aromatic rings. The van der Waals surface area contributed by atoms with Crippen LogP contribution in [0.1, 0.15) is 25.0 Å². The van der Waals surface area contributed by atoms with Crippen molar-refractivity contribution < 1.29 is 33.5 Å². The number of hydrogen-bond acceptors (Lipinski definition) is 9. The van der Waals surface area contributed by atoms with Crippen LogP contribution in [0.3, 0.4) is 0 Å². The fourth-order valence-electron chi connectivity index (χ4n) is 3.10. The number of esters is 1. The number of non-ortho nitro benzene ring substituents is 1. The van der Waals surface area contributed by atoms with Gasteiger partial charge in [-0.3, -0.25) is 24.6 Å². The van der Waals surface area contributed by atoms with Gasteiger partial charge in [0.05, 0.1) is 23.5 Å². The summed E-state index contributed by atoms with van der Waals surface area (Å²) in [7, 11) is 1.47. The first kappa shape index (κ1) is 24.8. The van der Waals surface area contributed by atoms with Crippen molar-refractivity contribution >= 4 is 40.6 Å². The Morgan fingerprint density at radius 3 is 2.50 bits per heavy atom. The molecule has 1 aliphatic heterocycles. The number of imide groups is 1. The van der Waals surface area contributed by atoms with Crippen LogP contribution >= 0.6 is 11.8 Å². The van der Waals surface area contributed by atoms with Gasteiger partial charge in [0.25, 0.3) is 16.8 Å². The molecular formula is C23H22N2O8S. The zero-order chi connectivity index (χ0) is 24.8. The van der Waals surface area contributed by atoms with Crippen molar-refractivity contribution in [3.05, 3.63) is 68.6 Å². The van der Waals surface area contributed by atoms with Gasteiger partial charge in [-0.15, -0.1) is 0 Å². The van der Waals surface area contributed by atoms with Gasteiger partial charge < -0.3 is 14.2 Å². The number of methoxy groups -OCH3 is 1. The van der Waals surface area contributed by atoms with Gasteiger partial charge in [0.2, 0.25) is 0 Å². The number of thioether (sulfide) groups is 1. The maximum Gasteiger partial charge on any atom is 0.329 e. The monoisotopic (exact) mass is 486 g/mol. The fraction of sp³-hybridized carbons (Fsp3) is 0.261. The minimum Gasteiger partial charge on any atom is -0.493 e. The van der Waals surface area contributed by atoms with Gasteiger partial charge in [-0.05, 0) is 67.1 Å². The fourth-order valence-corrected chi connectivity index (χ4v) is 4.01. The molecule has 0 aromatic heterocycles. The highest BCUT2D eigenvalue weighted by Gasteiger charge is 2.41. The number of benzene rings is 2. The number of nitrogens with zero attached hydrogens (tertiary/aromatic N) is 2. The molecule has 11 heteroatoms. The van der Waals surface area contributed by atoms with Crippen molar-refractivity contribution in [1.29, 1.82) is 0 Å². The van der Waals surface area contributed by atoms with Crippen molar-refractivity contribution in [3.63, 3.8) is 0 Å². The predicted molar refractivity (Wildman–Crippen MR) is 124 cm³/mol. The molecule has 0 aliphatic carbocycles. The van der Waals surface area contributed by atoms with E-state index in [4.69, 9.17) is 14.2 Å².